The van der Waals surface area contributed by atoms with Crippen molar-refractivity contribution in [1.29, 1.82) is 0 Å². The van der Waals surface area contributed by atoms with Gasteiger partial charge in [-0.05, 0) is 94.0 Å². The Labute approximate surface area is 265 Å². The minimum Gasteiger partial charge on any atom is -0.476 e. The van der Waals surface area contributed by atoms with Crippen LogP contribution >= 0.6 is 11.6 Å². The molecule has 8 heteroatoms. The number of hydrogen-bond acceptors (Lipinski definition) is 6. The van der Waals surface area contributed by atoms with Crippen molar-refractivity contribution in [2.75, 3.05) is 0 Å². The number of carbonyl (C=O) groups excluding carboxylic acids is 2. The van der Waals surface area contributed by atoms with E-state index in [4.69, 9.17) is 26.1 Å². The number of ether oxygens (including phenoxy) is 2. The first kappa shape index (κ1) is 31.7. The number of rotatable bonds is 6. The molecule has 1 aromatic heterocycles. The Morgan fingerprint density at radius 1 is 0.955 bits per heavy atom. The second-order valence-corrected chi connectivity index (χ2v) is 13.2. The zero-order valence-corrected chi connectivity index (χ0v) is 26.7. The van der Waals surface area contributed by atoms with Gasteiger partial charge in [0, 0.05) is 30.4 Å². The molecule has 1 aliphatic carbocycles. The molecule has 0 unspecified atom stereocenters. The molecular formula is C36H42ClN3O4. The molecule has 1 saturated carbocycles. The second-order valence-electron chi connectivity index (χ2n) is 12.8. The molecule has 0 N–H and O–H groups in total. The summed E-state index contributed by atoms with van der Waals surface area (Å²) in [4.78, 5) is 38.2. The quantitative estimate of drug-likeness (QED) is 0.260. The number of halogens is 1. The summed E-state index contributed by atoms with van der Waals surface area (Å²) in [5.41, 5.74) is 2.72. The predicted molar refractivity (Wildman–Crippen MR) is 174 cm³/mol. The molecule has 1 atom stereocenters. The number of fused-ring (bicyclic) bond motifs is 1. The number of pyridine rings is 1. The number of hydrogen-bond donors (Lipinski definition) is 0. The van der Waals surface area contributed by atoms with Gasteiger partial charge in [0.15, 0.2) is 0 Å². The fourth-order valence-electron chi connectivity index (χ4n) is 5.79. The number of carbonyl (C=O) groups is 2. The average Bonchev–Trinajstić information content (AvgIpc) is 3.06. The van der Waals surface area contributed by atoms with Crippen molar-refractivity contribution >= 4 is 35.1 Å². The van der Waals surface area contributed by atoms with Gasteiger partial charge in [-0.1, -0.05) is 55.5 Å². The molecule has 1 amide bonds. The number of aromatic nitrogens is 1. The number of amides is 1. The van der Waals surface area contributed by atoms with Crippen molar-refractivity contribution in [3.05, 3.63) is 94.3 Å². The molecule has 0 bridgehead atoms. The van der Waals surface area contributed by atoms with Gasteiger partial charge < -0.3 is 14.4 Å². The first-order chi connectivity index (χ1) is 21.2. The zero-order valence-electron chi connectivity index (χ0n) is 25.9. The van der Waals surface area contributed by atoms with Gasteiger partial charge in [0.05, 0.1) is 16.8 Å². The standard InChI is InChI=1S/C36H42ClN3O4/c1-36(2,3)44-35(42)27-16-14-25(15-17-27)24-40-32(21-26-11-10-20-38-23-26)33(43-29-12-8-6-4-5-7-9-13-29)39-31-22-28(37)18-19-30(31)34(40)41/h10-11,14-20,22-23,29,32H,4-9,12-13,21,24H2,1-3H3/t32-/m1/s1. The molecule has 7 nitrogen and oxygen atoms in total. The first-order valence-electron chi connectivity index (χ1n) is 15.7. The minimum absolute atomic E-state index is 0.0223. The summed E-state index contributed by atoms with van der Waals surface area (Å²) in [5, 5.41) is 0.511. The SMILES string of the molecule is CC(C)(C)OC(=O)c1ccc(CN2C(=O)c3ccc(Cl)cc3N=C(OC3CCCCCCCC3)[C@H]2Cc2cccnc2)cc1. The van der Waals surface area contributed by atoms with Gasteiger partial charge in [0.1, 0.15) is 17.7 Å². The lowest BCUT2D eigenvalue weighted by atomic mass is 10.0. The molecule has 1 aliphatic heterocycles. The van der Waals surface area contributed by atoms with Crippen molar-refractivity contribution in [2.24, 2.45) is 4.99 Å². The summed E-state index contributed by atoms with van der Waals surface area (Å²) >= 11 is 6.41. The summed E-state index contributed by atoms with van der Waals surface area (Å²) in [6, 6.07) is 15.9. The van der Waals surface area contributed by atoms with Crippen LogP contribution in [0.3, 0.4) is 0 Å². The minimum atomic E-state index is -0.588. The summed E-state index contributed by atoms with van der Waals surface area (Å²) < 4.78 is 12.4. The van der Waals surface area contributed by atoms with E-state index < -0.39 is 11.6 Å². The van der Waals surface area contributed by atoms with Gasteiger partial charge in [0.2, 0.25) is 5.90 Å². The fraction of sp³-hybridized carbons (Fsp3) is 0.444. The number of benzene rings is 2. The van der Waals surface area contributed by atoms with Crippen LogP contribution in [0.2, 0.25) is 5.02 Å². The maximum atomic E-state index is 14.3. The Kier molecular flexibility index (Phi) is 10.4. The van der Waals surface area contributed by atoms with Gasteiger partial charge in [-0.25, -0.2) is 9.79 Å². The van der Waals surface area contributed by atoms with E-state index in [0.717, 1.165) is 36.8 Å². The zero-order chi connectivity index (χ0) is 31.1. The topological polar surface area (TPSA) is 81.1 Å². The molecule has 44 heavy (non-hydrogen) atoms. The van der Waals surface area contributed by atoms with Crippen molar-refractivity contribution in [3.8, 4) is 0 Å². The van der Waals surface area contributed by atoms with E-state index in [0.29, 0.717) is 40.7 Å². The first-order valence-corrected chi connectivity index (χ1v) is 16.1. The van der Waals surface area contributed by atoms with Crippen LogP contribution in [0, 0.1) is 0 Å². The van der Waals surface area contributed by atoms with E-state index in [-0.39, 0.29) is 18.0 Å². The smallest absolute Gasteiger partial charge is 0.338 e. The average molecular weight is 616 g/mol. The van der Waals surface area contributed by atoms with Gasteiger partial charge >= 0.3 is 5.97 Å². The molecule has 3 aromatic rings. The Balaban J connectivity index is 1.52. The van der Waals surface area contributed by atoms with Gasteiger partial charge in [-0.2, -0.15) is 0 Å². The maximum absolute atomic E-state index is 14.3. The van der Waals surface area contributed by atoms with Crippen molar-refractivity contribution in [3.63, 3.8) is 0 Å². The van der Waals surface area contributed by atoms with E-state index in [1.54, 1.807) is 36.5 Å². The number of nitrogens with zero attached hydrogens (tertiary/aromatic N) is 3. The lowest BCUT2D eigenvalue weighted by Crippen LogP contribution is -2.46. The van der Waals surface area contributed by atoms with Crippen LogP contribution in [0.1, 0.15) is 104 Å². The molecular weight excluding hydrogens is 574 g/mol. The molecule has 232 valence electrons. The largest absolute Gasteiger partial charge is 0.476 e. The van der Waals surface area contributed by atoms with E-state index in [9.17, 15) is 9.59 Å². The maximum Gasteiger partial charge on any atom is 0.338 e. The third-order valence-corrected chi connectivity index (χ3v) is 8.26. The van der Waals surface area contributed by atoms with Crippen molar-refractivity contribution < 1.29 is 19.1 Å². The van der Waals surface area contributed by atoms with Crippen LogP contribution in [-0.2, 0) is 22.4 Å². The Morgan fingerprint density at radius 3 is 2.32 bits per heavy atom. The van der Waals surface area contributed by atoms with Gasteiger partial charge in [-0.3, -0.25) is 9.78 Å². The Bertz CT molecular complexity index is 1460. The molecule has 2 heterocycles. The Hall–Kier alpha value is -3.71. The molecule has 2 aliphatic rings. The van der Waals surface area contributed by atoms with Crippen LogP contribution in [-0.4, -0.2) is 45.4 Å². The van der Waals surface area contributed by atoms with E-state index in [2.05, 4.69) is 4.98 Å². The van der Waals surface area contributed by atoms with Crippen LogP contribution in [0.4, 0.5) is 5.69 Å². The van der Waals surface area contributed by atoms with E-state index in [1.165, 1.54) is 25.7 Å². The highest BCUT2D eigenvalue weighted by atomic mass is 35.5. The fourth-order valence-corrected chi connectivity index (χ4v) is 5.96. The van der Waals surface area contributed by atoms with Crippen LogP contribution in [0.5, 0.6) is 0 Å². The van der Waals surface area contributed by atoms with Crippen LogP contribution < -0.4 is 0 Å². The third kappa shape index (κ3) is 8.47. The highest BCUT2D eigenvalue weighted by Crippen LogP contribution is 2.33. The summed E-state index contributed by atoms with van der Waals surface area (Å²) in [5.74, 6) is -0.00980. The van der Waals surface area contributed by atoms with E-state index >= 15 is 0 Å². The summed E-state index contributed by atoms with van der Waals surface area (Å²) in [7, 11) is 0. The summed E-state index contributed by atoms with van der Waals surface area (Å²) in [6.45, 7) is 5.83. The molecule has 0 saturated heterocycles. The monoisotopic (exact) mass is 615 g/mol. The molecule has 1 fully saturated rings. The molecule has 2 aromatic carbocycles. The highest BCUT2D eigenvalue weighted by molar-refractivity contribution is 6.31. The third-order valence-electron chi connectivity index (χ3n) is 8.03. The second kappa shape index (κ2) is 14.4. The Morgan fingerprint density at radius 2 is 1.66 bits per heavy atom. The summed E-state index contributed by atoms with van der Waals surface area (Å²) in [6.07, 6.45) is 13.1. The molecule has 0 spiro atoms. The van der Waals surface area contributed by atoms with Gasteiger partial charge in [0.25, 0.3) is 5.91 Å². The normalized spacial score (nSPS) is 18.3. The van der Waals surface area contributed by atoms with Crippen LogP contribution in [0.15, 0.2) is 72.0 Å². The van der Waals surface area contributed by atoms with Crippen molar-refractivity contribution in [1.82, 2.24) is 9.88 Å². The van der Waals surface area contributed by atoms with Crippen LogP contribution in [0.25, 0.3) is 0 Å². The lowest BCUT2D eigenvalue weighted by molar-refractivity contribution is 0.00692. The highest BCUT2D eigenvalue weighted by Gasteiger charge is 2.36. The van der Waals surface area contributed by atoms with E-state index in [1.807, 2.05) is 56.1 Å². The number of esters is 1. The van der Waals surface area contributed by atoms with Gasteiger partial charge in [-0.15, -0.1) is 0 Å². The predicted octanol–water partition coefficient (Wildman–Crippen LogP) is 8.51. The molecule has 5 rings (SSSR count). The lowest BCUT2D eigenvalue weighted by Gasteiger charge is -2.33. The van der Waals surface area contributed by atoms with Crippen molar-refractivity contribution in [2.45, 2.75) is 103 Å². The molecule has 0 radical (unpaired) electrons. The number of aliphatic imine (C=N–C) groups is 1.